The molecule has 1 unspecified atom stereocenters. The Bertz CT molecular complexity index is 1250. The molecule has 0 aromatic heterocycles. The number of fused-ring (bicyclic) bond motifs is 1. The fourth-order valence-corrected chi connectivity index (χ4v) is 7.12. The van der Waals surface area contributed by atoms with Crippen molar-refractivity contribution in [2.24, 2.45) is 5.92 Å². The number of hydrogen-bond donors (Lipinski definition) is 3. The lowest BCUT2D eigenvalue weighted by Crippen LogP contribution is -2.60. The lowest BCUT2D eigenvalue weighted by molar-refractivity contribution is -0.384. The molecule has 2 amide bonds. The monoisotopic (exact) mass is 559 g/mol. The standard InChI is InChI=1S/C25H25N3O8S2/c1-14(29)19-21(30)27-20(23(31)32)24(38-22(19)27)37-13-17(11-15-5-3-2-4-6-15)26-25(33)36-12-16-7-9-18(10-8-16)28(34)35/h2-10,14,17,19,22,29H,11-13H2,1H3,(H,26,33)(H,31,32)/t14-,17?,19+,22+/m0/s1. The molecule has 2 aliphatic rings. The summed E-state index contributed by atoms with van der Waals surface area (Å²) in [5, 5.41) is 32.8. The molecule has 11 nitrogen and oxygen atoms in total. The Morgan fingerprint density at radius 1 is 1.18 bits per heavy atom. The first-order valence-electron chi connectivity index (χ1n) is 11.6. The Labute approximate surface area is 226 Å². The topological polar surface area (TPSA) is 159 Å². The van der Waals surface area contributed by atoms with Crippen LogP contribution in [0, 0.1) is 16.0 Å². The van der Waals surface area contributed by atoms with Gasteiger partial charge >= 0.3 is 12.1 Å². The van der Waals surface area contributed by atoms with Crippen molar-refractivity contribution in [3.63, 3.8) is 0 Å². The van der Waals surface area contributed by atoms with Crippen molar-refractivity contribution in [3.8, 4) is 0 Å². The third-order valence-electron chi connectivity index (χ3n) is 6.05. The summed E-state index contributed by atoms with van der Waals surface area (Å²) in [6.07, 6.45) is -1.14. The van der Waals surface area contributed by atoms with Gasteiger partial charge in [-0.05, 0) is 36.6 Å². The van der Waals surface area contributed by atoms with Crippen LogP contribution in [-0.2, 0) is 27.4 Å². The maximum absolute atomic E-state index is 12.6. The number of carbonyl (C=O) groups excluding carboxylic acids is 2. The van der Waals surface area contributed by atoms with E-state index in [2.05, 4.69) is 5.32 Å². The van der Waals surface area contributed by atoms with Gasteiger partial charge < -0.3 is 20.3 Å². The molecule has 1 saturated heterocycles. The minimum absolute atomic E-state index is 0.0656. The van der Waals surface area contributed by atoms with Crippen molar-refractivity contribution in [2.75, 3.05) is 5.75 Å². The minimum Gasteiger partial charge on any atom is -0.477 e. The number of β-lactam (4-membered cyclic amide) rings is 1. The molecule has 2 aromatic carbocycles. The summed E-state index contributed by atoms with van der Waals surface area (Å²) < 4.78 is 5.75. The predicted molar refractivity (Wildman–Crippen MR) is 141 cm³/mol. The van der Waals surface area contributed by atoms with E-state index in [9.17, 15) is 34.7 Å². The van der Waals surface area contributed by atoms with E-state index in [1.54, 1.807) is 0 Å². The molecule has 4 atom stereocenters. The highest BCUT2D eigenvalue weighted by Gasteiger charge is 2.57. The number of aliphatic carboxylic acids is 1. The number of ether oxygens (including phenoxy) is 1. The van der Waals surface area contributed by atoms with E-state index in [4.69, 9.17) is 4.74 Å². The highest BCUT2D eigenvalue weighted by atomic mass is 32.2. The molecule has 38 heavy (non-hydrogen) atoms. The van der Waals surface area contributed by atoms with E-state index in [0.717, 1.165) is 5.56 Å². The Hall–Kier alpha value is -3.55. The Kier molecular flexibility index (Phi) is 8.59. The van der Waals surface area contributed by atoms with Crippen LogP contribution in [0.15, 0.2) is 64.5 Å². The van der Waals surface area contributed by atoms with Gasteiger partial charge in [0.15, 0.2) is 5.70 Å². The molecule has 2 heterocycles. The second-order valence-electron chi connectivity index (χ2n) is 8.77. The first kappa shape index (κ1) is 27.5. The van der Waals surface area contributed by atoms with Crippen LogP contribution < -0.4 is 5.32 Å². The third-order valence-corrected chi connectivity index (χ3v) is 8.87. The summed E-state index contributed by atoms with van der Waals surface area (Å²) in [4.78, 5) is 48.5. The van der Waals surface area contributed by atoms with Crippen LogP contribution in [-0.4, -0.2) is 61.3 Å². The van der Waals surface area contributed by atoms with Gasteiger partial charge in [0.25, 0.3) is 5.69 Å². The number of thioether (sulfide) groups is 2. The van der Waals surface area contributed by atoms with Crippen LogP contribution in [0.25, 0.3) is 0 Å². The fraction of sp³-hybridized carbons (Fsp3) is 0.320. The molecule has 2 aliphatic heterocycles. The first-order valence-corrected chi connectivity index (χ1v) is 13.5. The van der Waals surface area contributed by atoms with Crippen molar-refractivity contribution < 1.29 is 34.3 Å². The number of nitro groups is 1. The van der Waals surface area contributed by atoms with Gasteiger partial charge in [0.2, 0.25) is 5.91 Å². The van der Waals surface area contributed by atoms with Gasteiger partial charge in [-0.3, -0.25) is 19.8 Å². The lowest BCUT2D eigenvalue weighted by Gasteiger charge is -2.43. The fourth-order valence-electron chi connectivity index (χ4n) is 4.15. The number of benzene rings is 2. The summed E-state index contributed by atoms with van der Waals surface area (Å²) >= 11 is 2.45. The zero-order valence-electron chi connectivity index (χ0n) is 20.2. The number of amides is 2. The number of nitrogens with zero attached hydrogens (tertiary/aromatic N) is 2. The van der Waals surface area contributed by atoms with E-state index in [0.29, 0.717) is 22.0 Å². The molecule has 0 bridgehead atoms. The van der Waals surface area contributed by atoms with Crippen molar-refractivity contribution in [1.29, 1.82) is 0 Å². The zero-order valence-corrected chi connectivity index (χ0v) is 21.8. The number of nitro benzene ring substituents is 1. The summed E-state index contributed by atoms with van der Waals surface area (Å²) in [7, 11) is 0. The average molecular weight is 560 g/mol. The Morgan fingerprint density at radius 2 is 1.87 bits per heavy atom. The van der Waals surface area contributed by atoms with Crippen LogP contribution in [0.4, 0.5) is 10.5 Å². The summed E-state index contributed by atoms with van der Waals surface area (Å²) in [6.45, 7) is 1.42. The minimum atomic E-state index is -1.23. The molecular formula is C25H25N3O8S2. The number of hydrogen-bond acceptors (Lipinski definition) is 9. The number of alkyl carbamates (subject to hydrolysis) is 1. The number of carboxylic acid groups (broad SMARTS) is 1. The van der Waals surface area contributed by atoms with Crippen LogP contribution >= 0.6 is 23.5 Å². The Balaban J connectivity index is 1.42. The number of aliphatic hydroxyl groups excluding tert-OH is 1. The number of rotatable bonds is 11. The number of nitrogens with one attached hydrogen (secondary N) is 1. The number of aliphatic hydroxyl groups is 1. The number of carboxylic acids is 1. The largest absolute Gasteiger partial charge is 0.477 e. The van der Waals surface area contributed by atoms with E-state index in [1.807, 2.05) is 30.3 Å². The maximum atomic E-state index is 12.6. The molecule has 0 spiro atoms. The number of non-ortho nitro benzene ring substituents is 1. The SMILES string of the molecule is C[C@H](O)[C@@H]1C(=O)N2C(C(=O)O)=C(SCC(Cc3ccccc3)NC(=O)OCc3ccc([N+](=O)[O-])cc3)S[C@H]12. The predicted octanol–water partition coefficient (Wildman–Crippen LogP) is 3.33. The quantitative estimate of drug-likeness (QED) is 0.212. The maximum Gasteiger partial charge on any atom is 0.407 e. The second-order valence-corrected chi connectivity index (χ2v) is 11.2. The smallest absolute Gasteiger partial charge is 0.407 e. The van der Waals surface area contributed by atoms with Gasteiger partial charge in [0, 0.05) is 23.9 Å². The molecule has 200 valence electrons. The van der Waals surface area contributed by atoms with Crippen LogP contribution in [0.2, 0.25) is 0 Å². The summed E-state index contributed by atoms with van der Waals surface area (Å²) in [5.74, 6) is -2.01. The van der Waals surface area contributed by atoms with Crippen molar-refractivity contribution in [3.05, 3.63) is 85.8 Å². The molecule has 1 fully saturated rings. The normalized spacial score (nSPS) is 19.8. The highest BCUT2D eigenvalue weighted by Crippen LogP contribution is 2.53. The first-order chi connectivity index (χ1) is 18.2. The zero-order chi connectivity index (χ0) is 27.4. The summed E-state index contributed by atoms with van der Waals surface area (Å²) in [5.41, 5.74) is 1.36. The molecule has 0 saturated carbocycles. The van der Waals surface area contributed by atoms with Crippen molar-refractivity contribution in [2.45, 2.75) is 37.5 Å². The van der Waals surface area contributed by atoms with E-state index in [1.165, 1.54) is 59.6 Å². The Morgan fingerprint density at radius 3 is 2.47 bits per heavy atom. The third kappa shape index (κ3) is 6.11. The average Bonchev–Trinajstić information content (AvgIpc) is 3.21. The molecular weight excluding hydrogens is 534 g/mol. The van der Waals surface area contributed by atoms with Gasteiger partial charge in [0.1, 0.15) is 12.0 Å². The van der Waals surface area contributed by atoms with Gasteiger partial charge in [-0.15, -0.1) is 11.8 Å². The highest BCUT2D eigenvalue weighted by molar-refractivity contribution is 8.22. The lowest BCUT2D eigenvalue weighted by atomic mass is 9.92. The van der Waals surface area contributed by atoms with Crippen LogP contribution in [0.5, 0.6) is 0 Å². The molecule has 0 aliphatic carbocycles. The van der Waals surface area contributed by atoms with E-state index in [-0.39, 0.29) is 18.0 Å². The number of carbonyl (C=O) groups is 3. The van der Waals surface area contributed by atoms with Gasteiger partial charge in [-0.25, -0.2) is 9.59 Å². The van der Waals surface area contributed by atoms with E-state index >= 15 is 0 Å². The van der Waals surface area contributed by atoms with Gasteiger partial charge in [0.05, 0.1) is 21.2 Å². The van der Waals surface area contributed by atoms with E-state index < -0.39 is 46.3 Å². The molecule has 0 radical (unpaired) electrons. The summed E-state index contributed by atoms with van der Waals surface area (Å²) in [6, 6.07) is 14.7. The molecule has 3 N–H and O–H groups in total. The van der Waals surface area contributed by atoms with Crippen LogP contribution in [0.3, 0.4) is 0 Å². The second kappa shape index (κ2) is 11.9. The van der Waals surface area contributed by atoms with Gasteiger partial charge in [-0.2, -0.15) is 0 Å². The van der Waals surface area contributed by atoms with Crippen molar-refractivity contribution in [1.82, 2.24) is 10.2 Å². The van der Waals surface area contributed by atoms with Crippen LogP contribution in [0.1, 0.15) is 18.1 Å². The molecule has 13 heteroatoms. The van der Waals surface area contributed by atoms with Crippen molar-refractivity contribution >= 4 is 47.2 Å². The van der Waals surface area contributed by atoms with Gasteiger partial charge in [-0.1, -0.05) is 42.1 Å². The molecule has 2 aromatic rings. The molecule has 4 rings (SSSR count).